The monoisotopic (exact) mass is 605 g/mol. The minimum Gasteiger partial charge on any atom is -0.394 e. The molecule has 1 unspecified atom stereocenters. The molecular formula is C37H39N3O5. The van der Waals surface area contributed by atoms with Crippen molar-refractivity contribution in [2.45, 2.75) is 50.6 Å². The summed E-state index contributed by atoms with van der Waals surface area (Å²) in [5, 5.41) is 12.7. The molecule has 3 aromatic rings. The third-order valence-corrected chi connectivity index (χ3v) is 10.2. The van der Waals surface area contributed by atoms with Crippen LogP contribution in [0, 0.1) is 17.8 Å². The molecule has 1 spiro atoms. The summed E-state index contributed by atoms with van der Waals surface area (Å²) in [7, 11) is 0. The lowest BCUT2D eigenvalue weighted by molar-refractivity contribution is -0.152. The molecule has 3 amide bonds. The second kappa shape index (κ2) is 11.0. The standard InChI is InChI=1S/C37H39N3O5/c1-24(2)29(23-41)40-32-35(44)39(28-16-15-26-13-7-8-14-27(26)21-28)20-10-18-37(32)31(34(40)43)30-33(42)38(19-9-17-36(30,3)45-37)22-25-11-5-4-6-12-25/h4-18,21,24,29-32,41H,19-20,22-23H2,1-3H3/t29-,30+,31-,32?,36-,37-/m0/s1. The van der Waals surface area contributed by atoms with Gasteiger partial charge in [0.2, 0.25) is 11.8 Å². The molecule has 0 aliphatic carbocycles. The van der Waals surface area contributed by atoms with E-state index in [0.717, 1.165) is 16.3 Å². The molecule has 2 fully saturated rings. The van der Waals surface area contributed by atoms with Gasteiger partial charge in [-0.25, -0.2) is 0 Å². The topological polar surface area (TPSA) is 90.4 Å². The maximum Gasteiger partial charge on any atom is 0.253 e. The number of likely N-dealkylation sites (tertiary alicyclic amines) is 1. The normalized spacial score (nSPS) is 30.0. The van der Waals surface area contributed by atoms with Crippen molar-refractivity contribution in [3.05, 3.63) is 103 Å². The summed E-state index contributed by atoms with van der Waals surface area (Å²) in [5.74, 6) is -2.73. The van der Waals surface area contributed by atoms with Gasteiger partial charge in [0, 0.05) is 25.3 Å². The number of nitrogens with zero attached hydrogens (tertiary/aromatic N) is 3. The van der Waals surface area contributed by atoms with Crippen LogP contribution in [0.2, 0.25) is 0 Å². The van der Waals surface area contributed by atoms with Crippen molar-refractivity contribution in [2.24, 2.45) is 17.8 Å². The fourth-order valence-corrected chi connectivity index (χ4v) is 8.01. The number of anilines is 1. The van der Waals surface area contributed by atoms with E-state index in [1.165, 1.54) is 0 Å². The summed E-state index contributed by atoms with van der Waals surface area (Å²) in [4.78, 5) is 49.2. The SMILES string of the molecule is CC(C)[C@H](CO)N1C(=O)[C@@H]2[C@@H]3C(=O)N(Cc4ccccc4)CC=C[C@]3(C)O[C@@]23C=CCN(c2ccc4ccccc4c2)C(=O)C13. The van der Waals surface area contributed by atoms with Gasteiger partial charge in [0.05, 0.1) is 30.1 Å². The molecule has 4 aliphatic rings. The van der Waals surface area contributed by atoms with Crippen molar-refractivity contribution < 1.29 is 24.2 Å². The van der Waals surface area contributed by atoms with Crippen molar-refractivity contribution in [1.82, 2.24) is 9.80 Å². The molecule has 2 saturated heterocycles. The van der Waals surface area contributed by atoms with Gasteiger partial charge in [0.25, 0.3) is 5.91 Å². The van der Waals surface area contributed by atoms with Crippen LogP contribution in [0.3, 0.4) is 0 Å². The van der Waals surface area contributed by atoms with E-state index in [4.69, 9.17) is 4.74 Å². The molecule has 0 radical (unpaired) electrons. The Kier molecular flexibility index (Phi) is 7.17. The first kappa shape index (κ1) is 29.4. The molecule has 8 nitrogen and oxygen atoms in total. The minimum atomic E-state index is -1.39. The van der Waals surface area contributed by atoms with Crippen molar-refractivity contribution >= 4 is 34.2 Å². The van der Waals surface area contributed by atoms with Crippen LogP contribution in [-0.4, -0.2) is 75.6 Å². The fraction of sp³-hybridized carbons (Fsp3) is 0.378. The molecule has 232 valence electrons. The van der Waals surface area contributed by atoms with Gasteiger partial charge >= 0.3 is 0 Å². The predicted molar refractivity (Wildman–Crippen MR) is 172 cm³/mol. The Morgan fingerprint density at radius 3 is 2.29 bits per heavy atom. The van der Waals surface area contributed by atoms with Gasteiger partial charge < -0.3 is 24.5 Å². The van der Waals surface area contributed by atoms with Crippen LogP contribution in [0.4, 0.5) is 5.69 Å². The Morgan fingerprint density at radius 2 is 1.56 bits per heavy atom. The number of rotatable bonds is 6. The highest BCUT2D eigenvalue weighted by molar-refractivity contribution is 6.07. The van der Waals surface area contributed by atoms with Crippen LogP contribution in [0.1, 0.15) is 26.3 Å². The molecule has 0 saturated carbocycles. The fourth-order valence-electron chi connectivity index (χ4n) is 8.01. The van der Waals surface area contributed by atoms with E-state index >= 15 is 0 Å². The highest BCUT2D eigenvalue weighted by Gasteiger charge is 2.75. The maximum absolute atomic E-state index is 14.9. The zero-order chi connectivity index (χ0) is 31.5. The number of aliphatic hydroxyl groups excluding tert-OH is 1. The lowest BCUT2D eigenvalue weighted by atomic mass is 9.74. The van der Waals surface area contributed by atoms with Gasteiger partial charge in [-0.1, -0.05) is 98.8 Å². The van der Waals surface area contributed by atoms with Gasteiger partial charge in [-0.05, 0) is 41.3 Å². The minimum absolute atomic E-state index is 0.144. The summed E-state index contributed by atoms with van der Waals surface area (Å²) in [5.41, 5.74) is -0.797. The number of fused-ring (bicyclic) bond motifs is 3. The average Bonchev–Trinajstić information content (AvgIpc) is 3.30. The summed E-state index contributed by atoms with van der Waals surface area (Å²) >= 11 is 0. The number of aliphatic hydroxyl groups is 1. The lowest BCUT2D eigenvalue weighted by Gasteiger charge is -2.41. The molecule has 4 heterocycles. The first-order valence-corrected chi connectivity index (χ1v) is 15.8. The van der Waals surface area contributed by atoms with Gasteiger partial charge in [-0.2, -0.15) is 0 Å². The third-order valence-electron chi connectivity index (χ3n) is 10.2. The Bertz CT molecular complexity index is 1720. The van der Waals surface area contributed by atoms with E-state index < -0.39 is 35.1 Å². The number of carbonyl (C=O) groups is 3. The molecule has 1 N–H and O–H groups in total. The van der Waals surface area contributed by atoms with Gasteiger partial charge in [0.15, 0.2) is 0 Å². The molecule has 7 rings (SSSR count). The van der Waals surface area contributed by atoms with Crippen LogP contribution < -0.4 is 4.90 Å². The quantitative estimate of drug-likeness (QED) is 0.423. The van der Waals surface area contributed by atoms with Crippen molar-refractivity contribution in [3.63, 3.8) is 0 Å². The van der Waals surface area contributed by atoms with E-state index in [0.29, 0.717) is 18.8 Å². The summed E-state index contributed by atoms with van der Waals surface area (Å²) in [6.07, 6.45) is 7.59. The molecular weight excluding hydrogens is 566 g/mol. The number of ether oxygens (including phenoxy) is 1. The smallest absolute Gasteiger partial charge is 0.253 e. The number of amides is 3. The molecule has 45 heavy (non-hydrogen) atoms. The second-order valence-electron chi connectivity index (χ2n) is 13.2. The Morgan fingerprint density at radius 1 is 0.844 bits per heavy atom. The average molecular weight is 606 g/mol. The molecule has 3 aromatic carbocycles. The van der Waals surface area contributed by atoms with E-state index in [1.807, 2.05) is 118 Å². The van der Waals surface area contributed by atoms with Crippen molar-refractivity contribution in [3.8, 4) is 0 Å². The number of hydrogen-bond acceptors (Lipinski definition) is 5. The number of benzene rings is 3. The Hall–Kier alpha value is -4.27. The van der Waals surface area contributed by atoms with E-state index in [-0.39, 0.29) is 36.8 Å². The highest BCUT2D eigenvalue weighted by Crippen LogP contribution is 2.58. The maximum atomic E-state index is 14.9. The summed E-state index contributed by atoms with van der Waals surface area (Å²) < 4.78 is 6.98. The first-order valence-electron chi connectivity index (χ1n) is 15.8. The first-order chi connectivity index (χ1) is 21.7. The van der Waals surface area contributed by atoms with Crippen LogP contribution in [-0.2, 0) is 25.7 Å². The van der Waals surface area contributed by atoms with E-state index in [2.05, 4.69) is 0 Å². The van der Waals surface area contributed by atoms with Crippen molar-refractivity contribution in [2.75, 3.05) is 24.6 Å². The summed E-state index contributed by atoms with van der Waals surface area (Å²) in [6.45, 7) is 6.47. The van der Waals surface area contributed by atoms with Crippen LogP contribution >= 0.6 is 0 Å². The molecule has 0 bridgehead atoms. The van der Waals surface area contributed by atoms with Crippen molar-refractivity contribution in [1.29, 1.82) is 0 Å². The second-order valence-corrected chi connectivity index (χ2v) is 13.2. The Balaban J connectivity index is 1.34. The largest absolute Gasteiger partial charge is 0.394 e. The number of hydrogen-bond donors (Lipinski definition) is 1. The van der Waals surface area contributed by atoms with E-state index in [9.17, 15) is 19.5 Å². The zero-order valence-electron chi connectivity index (χ0n) is 25.9. The lowest BCUT2D eigenvalue weighted by Crippen LogP contribution is -2.59. The van der Waals surface area contributed by atoms with Crippen LogP contribution in [0.25, 0.3) is 10.8 Å². The Labute approximate surface area is 263 Å². The van der Waals surface area contributed by atoms with Gasteiger partial charge in [0.1, 0.15) is 11.6 Å². The van der Waals surface area contributed by atoms with Crippen LogP contribution in [0.15, 0.2) is 97.1 Å². The molecule has 0 aromatic heterocycles. The van der Waals surface area contributed by atoms with E-state index in [1.54, 1.807) is 14.7 Å². The predicted octanol–water partition coefficient (Wildman–Crippen LogP) is 4.33. The molecule has 8 heteroatoms. The molecule has 4 aliphatic heterocycles. The third kappa shape index (κ3) is 4.53. The van der Waals surface area contributed by atoms with Gasteiger partial charge in [-0.15, -0.1) is 0 Å². The zero-order valence-corrected chi connectivity index (χ0v) is 25.9. The van der Waals surface area contributed by atoms with Gasteiger partial charge in [-0.3, -0.25) is 14.4 Å². The number of carbonyl (C=O) groups excluding carboxylic acids is 3. The van der Waals surface area contributed by atoms with Crippen LogP contribution in [0.5, 0.6) is 0 Å². The molecule has 6 atom stereocenters. The highest BCUT2D eigenvalue weighted by atomic mass is 16.5. The summed E-state index contributed by atoms with van der Waals surface area (Å²) in [6, 6.07) is 22.0.